The van der Waals surface area contributed by atoms with Crippen LogP contribution < -0.4 is 4.74 Å². The third-order valence-electron chi connectivity index (χ3n) is 4.83. The molecule has 0 aliphatic heterocycles. The molecule has 0 radical (unpaired) electrons. The Labute approximate surface area is 169 Å². The molecule has 0 saturated heterocycles. The highest BCUT2D eigenvalue weighted by atomic mass is 16.5. The number of carbonyl (C=O) groups is 1. The first kappa shape index (κ1) is 18.9. The van der Waals surface area contributed by atoms with E-state index in [0.717, 1.165) is 28.8 Å². The number of aromatic nitrogens is 2. The molecule has 5 nitrogen and oxygen atoms in total. The van der Waals surface area contributed by atoms with Crippen LogP contribution in [-0.4, -0.2) is 15.8 Å². The van der Waals surface area contributed by atoms with E-state index in [1.54, 1.807) is 0 Å². The summed E-state index contributed by atoms with van der Waals surface area (Å²) in [7, 11) is 0. The van der Waals surface area contributed by atoms with E-state index in [0.29, 0.717) is 29.5 Å². The fourth-order valence-corrected chi connectivity index (χ4v) is 3.25. The highest BCUT2D eigenvalue weighted by Crippen LogP contribution is 2.24. The van der Waals surface area contributed by atoms with Crippen molar-refractivity contribution >= 4 is 16.9 Å². The Balaban J connectivity index is 1.61. The smallest absolute Gasteiger partial charge is 0.224 e. The summed E-state index contributed by atoms with van der Waals surface area (Å²) in [6.07, 6.45) is 0.852. The van der Waals surface area contributed by atoms with Crippen LogP contribution in [0.3, 0.4) is 0 Å². The minimum absolute atomic E-state index is 0.0598. The number of aryl methyl sites for hydroxylation is 2. The zero-order chi connectivity index (χ0) is 20.2. The fourth-order valence-electron chi connectivity index (χ4n) is 3.25. The zero-order valence-electron chi connectivity index (χ0n) is 16.5. The van der Waals surface area contributed by atoms with Crippen molar-refractivity contribution in [2.45, 2.75) is 33.3 Å². The maximum atomic E-state index is 13.1. The molecule has 5 heteroatoms. The van der Waals surface area contributed by atoms with Crippen molar-refractivity contribution in [1.82, 2.24) is 9.97 Å². The van der Waals surface area contributed by atoms with Crippen molar-refractivity contribution in [1.29, 1.82) is 0 Å². The van der Waals surface area contributed by atoms with Crippen LogP contribution in [0.5, 0.6) is 5.88 Å². The number of Topliss-reactive ketones (excluding diaryl/α,β-unsaturated/α-hetero) is 1. The predicted octanol–water partition coefficient (Wildman–Crippen LogP) is 5.10. The van der Waals surface area contributed by atoms with Crippen molar-refractivity contribution in [2.24, 2.45) is 0 Å². The second kappa shape index (κ2) is 8.27. The standard InChI is InChI=1S/C24H22N2O3/c1-3-18-13-19(21(27)14-23-26-20-11-7-8-12-22(20)29-23)24(25-16(18)2)28-15-17-9-5-4-6-10-17/h4-13H,3,14-15H2,1-2H3. The van der Waals surface area contributed by atoms with Crippen LogP contribution in [0.1, 0.15) is 40.0 Å². The van der Waals surface area contributed by atoms with E-state index in [4.69, 9.17) is 9.15 Å². The van der Waals surface area contributed by atoms with E-state index in [1.165, 1.54) is 0 Å². The summed E-state index contributed by atoms with van der Waals surface area (Å²) in [4.78, 5) is 22.1. The van der Waals surface area contributed by atoms with Gasteiger partial charge in [-0.25, -0.2) is 9.97 Å². The molecule has 29 heavy (non-hydrogen) atoms. The van der Waals surface area contributed by atoms with Crippen molar-refractivity contribution in [3.05, 3.63) is 88.9 Å². The van der Waals surface area contributed by atoms with Crippen LogP contribution in [0.15, 0.2) is 65.1 Å². The van der Waals surface area contributed by atoms with E-state index in [2.05, 4.69) is 9.97 Å². The van der Waals surface area contributed by atoms with E-state index in [1.807, 2.05) is 74.5 Å². The summed E-state index contributed by atoms with van der Waals surface area (Å²) in [5.74, 6) is 0.621. The lowest BCUT2D eigenvalue weighted by molar-refractivity contribution is 0.0980. The molecule has 0 N–H and O–H groups in total. The molecule has 0 atom stereocenters. The van der Waals surface area contributed by atoms with Gasteiger partial charge in [0.1, 0.15) is 12.1 Å². The van der Waals surface area contributed by atoms with Crippen LogP contribution >= 0.6 is 0 Å². The minimum atomic E-state index is -0.123. The topological polar surface area (TPSA) is 65.2 Å². The summed E-state index contributed by atoms with van der Waals surface area (Å²) in [6, 6.07) is 19.2. The fraction of sp³-hybridized carbons (Fsp3) is 0.208. The number of oxazole rings is 1. The Hall–Kier alpha value is -3.47. The number of carbonyl (C=O) groups excluding carboxylic acids is 1. The van der Waals surface area contributed by atoms with Gasteiger partial charge >= 0.3 is 0 Å². The quantitative estimate of drug-likeness (QED) is 0.414. The first-order valence-electron chi connectivity index (χ1n) is 9.69. The Morgan fingerprint density at radius 1 is 1.03 bits per heavy atom. The predicted molar refractivity (Wildman–Crippen MR) is 111 cm³/mol. The number of fused-ring (bicyclic) bond motifs is 1. The molecule has 0 bridgehead atoms. The van der Waals surface area contributed by atoms with Crippen molar-refractivity contribution in [2.75, 3.05) is 0 Å². The van der Waals surface area contributed by atoms with Crippen LogP contribution in [0, 0.1) is 6.92 Å². The molecular weight excluding hydrogens is 364 g/mol. The van der Waals surface area contributed by atoms with Gasteiger partial charge in [0.05, 0.1) is 12.0 Å². The Morgan fingerprint density at radius 2 is 1.79 bits per heavy atom. The molecule has 4 rings (SSSR count). The van der Waals surface area contributed by atoms with Gasteiger partial charge in [0.15, 0.2) is 11.4 Å². The summed E-state index contributed by atoms with van der Waals surface area (Å²) < 4.78 is 11.7. The molecule has 0 saturated carbocycles. The molecule has 0 amide bonds. The zero-order valence-corrected chi connectivity index (χ0v) is 16.5. The summed E-state index contributed by atoms with van der Waals surface area (Å²) in [5, 5.41) is 0. The molecule has 0 unspecified atom stereocenters. The molecule has 2 aromatic heterocycles. The maximum Gasteiger partial charge on any atom is 0.224 e. The molecule has 2 heterocycles. The molecule has 4 aromatic rings. The number of para-hydroxylation sites is 2. The summed E-state index contributed by atoms with van der Waals surface area (Å²) in [5.41, 5.74) is 4.79. The lowest BCUT2D eigenvalue weighted by Gasteiger charge is -2.13. The van der Waals surface area contributed by atoms with E-state index < -0.39 is 0 Å². The number of hydrogen-bond acceptors (Lipinski definition) is 5. The number of nitrogens with zero attached hydrogens (tertiary/aromatic N) is 2. The van der Waals surface area contributed by atoms with Crippen molar-refractivity contribution in [3.63, 3.8) is 0 Å². The second-order valence-corrected chi connectivity index (χ2v) is 6.89. The van der Waals surface area contributed by atoms with E-state index in [9.17, 15) is 4.79 Å². The third-order valence-corrected chi connectivity index (χ3v) is 4.83. The second-order valence-electron chi connectivity index (χ2n) is 6.89. The molecule has 0 fully saturated rings. The minimum Gasteiger partial charge on any atom is -0.472 e. The summed E-state index contributed by atoms with van der Waals surface area (Å²) >= 11 is 0. The highest BCUT2D eigenvalue weighted by molar-refractivity contribution is 5.99. The third kappa shape index (κ3) is 4.19. The molecule has 146 valence electrons. The van der Waals surface area contributed by atoms with Crippen molar-refractivity contribution in [3.8, 4) is 5.88 Å². The van der Waals surface area contributed by atoms with E-state index in [-0.39, 0.29) is 12.2 Å². The first-order valence-corrected chi connectivity index (χ1v) is 9.69. The average Bonchev–Trinajstić information content (AvgIpc) is 3.15. The van der Waals surface area contributed by atoms with Gasteiger partial charge in [-0.15, -0.1) is 0 Å². The van der Waals surface area contributed by atoms with E-state index >= 15 is 0 Å². The highest BCUT2D eigenvalue weighted by Gasteiger charge is 2.20. The van der Waals surface area contributed by atoms with Gasteiger partial charge in [-0.05, 0) is 42.7 Å². The number of rotatable bonds is 7. The molecular formula is C24H22N2O3. The largest absolute Gasteiger partial charge is 0.472 e. The molecule has 0 spiro atoms. The van der Waals surface area contributed by atoms with Gasteiger partial charge in [0, 0.05) is 5.69 Å². The van der Waals surface area contributed by atoms with Crippen LogP contribution in [-0.2, 0) is 19.4 Å². The molecule has 0 aliphatic rings. The summed E-state index contributed by atoms with van der Waals surface area (Å²) in [6.45, 7) is 4.33. The monoisotopic (exact) mass is 386 g/mol. The van der Waals surface area contributed by atoms with Crippen LogP contribution in [0.2, 0.25) is 0 Å². The number of ether oxygens (including phenoxy) is 1. The van der Waals surface area contributed by atoms with Gasteiger partial charge in [-0.3, -0.25) is 4.79 Å². The molecule has 2 aromatic carbocycles. The van der Waals surface area contributed by atoms with Gasteiger partial charge in [0.2, 0.25) is 11.8 Å². The van der Waals surface area contributed by atoms with Crippen molar-refractivity contribution < 1.29 is 13.9 Å². The number of ketones is 1. The van der Waals surface area contributed by atoms with Gasteiger partial charge in [-0.1, -0.05) is 49.4 Å². The lowest BCUT2D eigenvalue weighted by Crippen LogP contribution is -2.11. The normalized spacial score (nSPS) is 11.0. The number of hydrogen-bond donors (Lipinski definition) is 0. The van der Waals surface area contributed by atoms with Crippen LogP contribution in [0.4, 0.5) is 0 Å². The first-order chi connectivity index (χ1) is 14.1. The van der Waals surface area contributed by atoms with Crippen LogP contribution in [0.25, 0.3) is 11.1 Å². The lowest BCUT2D eigenvalue weighted by atomic mass is 10.0. The molecule has 0 aliphatic carbocycles. The SMILES string of the molecule is CCc1cc(C(=O)Cc2nc3ccccc3o2)c(OCc2ccccc2)nc1C. The number of benzene rings is 2. The average molecular weight is 386 g/mol. The van der Waals surface area contributed by atoms with Gasteiger partial charge < -0.3 is 9.15 Å². The Bertz CT molecular complexity index is 1120. The number of pyridine rings is 1. The Kier molecular flexibility index (Phi) is 5.38. The van der Waals surface area contributed by atoms with Gasteiger partial charge in [0.25, 0.3) is 0 Å². The Morgan fingerprint density at radius 3 is 2.55 bits per heavy atom. The van der Waals surface area contributed by atoms with Gasteiger partial charge in [-0.2, -0.15) is 0 Å². The maximum absolute atomic E-state index is 13.1.